The highest BCUT2D eigenvalue weighted by atomic mass is 35.5. The van der Waals surface area contributed by atoms with Gasteiger partial charge in [-0.3, -0.25) is 9.84 Å². The van der Waals surface area contributed by atoms with E-state index in [4.69, 9.17) is 16.1 Å². The maximum absolute atomic E-state index is 11.9. The first-order valence-corrected chi connectivity index (χ1v) is 7.91. The molecule has 8 heteroatoms. The van der Waals surface area contributed by atoms with Crippen LogP contribution in [0.5, 0.6) is 0 Å². The van der Waals surface area contributed by atoms with Crippen LogP contribution in [0.15, 0.2) is 65.3 Å². The summed E-state index contributed by atoms with van der Waals surface area (Å²) in [5.74, 6) is 0.159. The second kappa shape index (κ2) is 7.78. The Bertz CT molecular complexity index is 837. The minimum Gasteiger partial charge on any atom is -0.382 e. The van der Waals surface area contributed by atoms with Crippen molar-refractivity contribution >= 4 is 29.2 Å². The second-order valence-corrected chi connectivity index (χ2v) is 5.74. The Kier molecular flexibility index (Phi) is 5.27. The number of carbonyl (C=O) groups is 1. The molecule has 0 saturated heterocycles. The molecule has 0 aliphatic carbocycles. The molecule has 1 heterocycles. The van der Waals surface area contributed by atoms with E-state index in [0.29, 0.717) is 10.7 Å². The largest absolute Gasteiger partial charge is 0.382 e. The standard InChI is InChI=1S/C17H15ClN4O3/c18-13-6-8-14(9-7-13)19-17(24)20-16-11-22(21-25-16)10-15(23)12-4-2-1-3-5-12/h1-9,11,15,23H,10H2,(H-,19,20,21,24)/p+1. The van der Waals surface area contributed by atoms with Gasteiger partial charge in [0.15, 0.2) is 0 Å². The zero-order chi connectivity index (χ0) is 17.6. The average Bonchev–Trinajstić information content (AvgIpc) is 3.04. The smallest absolute Gasteiger partial charge is 0.326 e. The van der Waals surface area contributed by atoms with Crippen LogP contribution in [0, 0.1) is 0 Å². The van der Waals surface area contributed by atoms with Gasteiger partial charge in [0.2, 0.25) is 11.8 Å². The Balaban J connectivity index is 1.56. The number of hydrogen-bond donors (Lipinski definition) is 3. The first-order chi connectivity index (χ1) is 12.1. The van der Waals surface area contributed by atoms with Gasteiger partial charge in [-0.25, -0.2) is 4.79 Å². The molecular weight excluding hydrogens is 344 g/mol. The summed E-state index contributed by atoms with van der Waals surface area (Å²) in [6.07, 6.45) is 0.764. The quantitative estimate of drug-likeness (QED) is 0.611. The fourth-order valence-electron chi connectivity index (χ4n) is 2.19. The predicted molar refractivity (Wildman–Crippen MR) is 92.2 cm³/mol. The van der Waals surface area contributed by atoms with Gasteiger partial charge < -0.3 is 10.4 Å². The van der Waals surface area contributed by atoms with Gasteiger partial charge in [-0.15, -0.1) is 0 Å². The van der Waals surface area contributed by atoms with Gasteiger partial charge in [-0.2, -0.15) is 0 Å². The number of rotatable bonds is 5. The zero-order valence-corrected chi connectivity index (χ0v) is 13.8. The molecular formula is C17H16ClN4O3+. The number of benzene rings is 2. The minimum absolute atomic E-state index is 0.159. The zero-order valence-electron chi connectivity index (χ0n) is 13.1. The van der Waals surface area contributed by atoms with Crippen molar-refractivity contribution < 1.29 is 19.1 Å². The molecule has 7 nitrogen and oxygen atoms in total. The summed E-state index contributed by atoms with van der Waals surface area (Å²) >= 11 is 5.79. The van der Waals surface area contributed by atoms with E-state index in [9.17, 15) is 9.90 Å². The van der Waals surface area contributed by atoms with E-state index in [0.717, 1.165) is 5.56 Å². The summed E-state index contributed by atoms with van der Waals surface area (Å²) in [5.41, 5.74) is 1.36. The van der Waals surface area contributed by atoms with E-state index in [-0.39, 0.29) is 12.4 Å². The van der Waals surface area contributed by atoms with Crippen LogP contribution in [0.1, 0.15) is 11.7 Å². The highest BCUT2D eigenvalue weighted by Crippen LogP contribution is 2.14. The lowest BCUT2D eigenvalue weighted by Crippen LogP contribution is -2.37. The van der Waals surface area contributed by atoms with Crippen LogP contribution in [0.25, 0.3) is 0 Å². The van der Waals surface area contributed by atoms with E-state index in [1.165, 1.54) is 10.9 Å². The number of anilines is 2. The SMILES string of the molecule is O=C(Nc1ccc(Cl)cc1)Nc1c[n+](CC(O)c2ccccc2)no1. The van der Waals surface area contributed by atoms with Crippen molar-refractivity contribution in [2.24, 2.45) is 0 Å². The maximum atomic E-state index is 11.9. The molecule has 0 aliphatic heterocycles. The van der Waals surface area contributed by atoms with Gasteiger partial charge in [0.25, 0.3) is 6.20 Å². The number of amides is 2. The number of nitrogens with zero attached hydrogens (tertiary/aromatic N) is 2. The lowest BCUT2D eigenvalue weighted by Gasteiger charge is -2.04. The molecule has 0 spiro atoms. The van der Waals surface area contributed by atoms with E-state index < -0.39 is 12.1 Å². The number of urea groups is 1. The van der Waals surface area contributed by atoms with Crippen molar-refractivity contribution in [2.45, 2.75) is 12.6 Å². The normalized spacial score (nSPS) is 11.8. The molecule has 1 atom stereocenters. The Morgan fingerprint density at radius 2 is 1.88 bits per heavy atom. The van der Waals surface area contributed by atoms with Gasteiger partial charge in [0, 0.05) is 10.7 Å². The number of halogens is 1. The first kappa shape index (κ1) is 16.9. The van der Waals surface area contributed by atoms with E-state index in [1.54, 1.807) is 24.3 Å². The number of aliphatic hydroxyl groups excluding tert-OH is 1. The number of aliphatic hydroxyl groups is 1. The van der Waals surface area contributed by atoms with Gasteiger partial charge >= 0.3 is 11.9 Å². The molecule has 0 fully saturated rings. The number of aromatic nitrogens is 2. The summed E-state index contributed by atoms with van der Waals surface area (Å²) in [4.78, 5) is 11.9. The molecule has 0 aliphatic rings. The lowest BCUT2D eigenvalue weighted by atomic mass is 10.1. The fourth-order valence-corrected chi connectivity index (χ4v) is 2.31. The van der Waals surface area contributed by atoms with E-state index in [1.807, 2.05) is 30.3 Å². The molecule has 25 heavy (non-hydrogen) atoms. The summed E-state index contributed by atoms with van der Waals surface area (Å²) in [7, 11) is 0. The third-order valence-corrected chi connectivity index (χ3v) is 3.65. The summed E-state index contributed by atoms with van der Waals surface area (Å²) < 4.78 is 6.45. The van der Waals surface area contributed by atoms with Crippen LogP contribution < -0.4 is 15.3 Å². The maximum Gasteiger partial charge on any atom is 0.326 e. The van der Waals surface area contributed by atoms with Gasteiger partial charge in [0.05, 0.1) is 0 Å². The van der Waals surface area contributed by atoms with E-state index >= 15 is 0 Å². The minimum atomic E-state index is -0.730. The van der Waals surface area contributed by atoms with Crippen molar-refractivity contribution in [1.29, 1.82) is 0 Å². The van der Waals surface area contributed by atoms with Crippen molar-refractivity contribution in [3.8, 4) is 0 Å². The lowest BCUT2D eigenvalue weighted by molar-refractivity contribution is -0.768. The molecule has 2 amide bonds. The topological polar surface area (TPSA) is 91.3 Å². The summed E-state index contributed by atoms with van der Waals surface area (Å²) in [6.45, 7) is 0.202. The molecule has 3 N–H and O–H groups in total. The number of nitrogens with one attached hydrogen (secondary N) is 2. The number of hydrogen-bond acceptors (Lipinski definition) is 4. The summed E-state index contributed by atoms with van der Waals surface area (Å²) in [6, 6.07) is 15.4. The molecule has 128 valence electrons. The Hall–Kier alpha value is -2.90. The third-order valence-electron chi connectivity index (χ3n) is 3.39. The Morgan fingerprint density at radius 3 is 2.60 bits per heavy atom. The van der Waals surface area contributed by atoms with Crippen molar-refractivity contribution in [1.82, 2.24) is 5.27 Å². The monoisotopic (exact) mass is 359 g/mol. The molecule has 2 aromatic carbocycles. The fraction of sp³-hybridized carbons (Fsp3) is 0.118. The van der Waals surface area contributed by atoms with Gasteiger partial charge in [0.1, 0.15) is 6.10 Å². The van der Waals surface area contributed by atoms with Crippen LogP contribution >= 0.6 is 11.6 Å². The van der Waals surface area contributed by atoms with Crippen LogP contribution in [-0.4, -0.2) is 16.4 Å². The highest BCUT2D eigenvalue weighted by Gasteiger charge is 2.19. The molecule has 0 saturated carbocycles. The molecule has 3 rings (SSSR count). The van der Waals surface area contributed by atoms with Crippen LogP contribution in [-0.2, 0) is 6.54 Å². The molecule has 1 unspecified atom stereocenters. The highest BCUT2D eigenvalue weighted by molar-refractivity contribution is 6.30. The van der Waals surface area contributed by atoms with Gasteiger partial charge in [-0.1, -0.05) is 41.9 Å². The Morgan fingerprint density at radius 1 is 1.16 bits per heavy atom. The third kappa shape index (κ3) is 4.79. The second-order valence-electron chi connectivity index (χ2n) is 5.30. The van der Waals surface area contributed by atoms with Gasteiger partial charge in [-0.05, 0) is 34.5 Å². The average molecular weight is 360 g/mol. The number of carbonyl (C=O) groups excluding carboxylic acids is 1. The van der Waals surface area contributed by atoms with Crippen LogP contribution in [0.2, 0.25) is 5.02 Å². The molecule has 0 bridgehead atoms. The van der Waals surface area contributed by atoms with Crippen LogP contribution in [0.3, 0.4) is 0 Å². The molecule has 1 aromatic heterocycles. The van der Waals surface area contributed by atoms with Crippen molar-refractivity contribution in [3.05, 3.63) is 71.4 Å². The van der Waals surface area contributed by atoms with Crippen molar-refractivity contribution in [3.63, 3.8) is 0 Å². The predicted octanol–water partition coefficient (Wildman–Crippen LogP) is 2.99. The summed E-state index contributed by atoms with van der Waals surface area (Å²) in [5, 5.41) is 19.7. The first-order valence-electron chi connectivity index (χ1n) is 7.53. The van der Waals surface area contributed by atoms with Crippen molar-refractivity contribution in [2.75, 3.05) is 10.6 Å². The van der Waals surface area contributed by atoms with E-state index in [2.05, 4.69) is 15.9 Å². The molecule has 0 radical (unpaired) electrons. The van der Waals surface area contributed by atoms with Crippen LogP contribution in [0.4, 0.5) is 16.4 Å². The Labute approximate surface area is 148 Å². The molecule has 3 aromatic rings.